The van der Waals surface area contributed by atoms with E-state index in [4.69, 9.17) is 0 Å². The third kappa shape index (κ3) is 1.49. The fourth-order valence-electron chi connectivity index (χ4n) is 1.84. The maximum Gasteiger partial charge on any atom is 0.0313 e. The van der Waals surface area contributed by atoms with Crippen LogP contribution in [0.15, 0.2) is 12.4 Å². The van der Waals surface area contributed by atoms with Crippen molar-refractivity contribution in [2.24, 2.45) is 0 Å². The highest BCUT2D eigenvalue weighted by atomic mass is 127. The van der Waals surface area contributed by atoms with Gasteiger partial charge in [-0.05, 0) is 71.2 Å². The molecule has 2 heteroatoms. The largest absolute Gasteiger partial charge is 0.264 e. The minimum atomic E-state index is 0.845. The van der Waals surface area contributed by atoms with Crippen LogP contribution in [0.1, 0.15) is 48.6 Å². The van der Waals surface area contributed by atoms with E-state index in [0.29, 0.717) is 0 Å². The summed E-state index contributed by atoms with van der Waals surface area (Å²) < 4.78 is 1.51. The van der Waals surface area contributed by atoms with Crippen LogP contribution < -0.4 is 0 Å². The topological polar surface area (TPSA) is 12.9 Å². The number of pyridine rings is 1. The fourth-order valence-corrected chi connectivity index (χ4v) is 3.00. The molecule has 0 aromatic carbocycles. The van der Waals surface area contributed by atoms with Crippen LogP contribution in [0.3, 0.4) is 0 Å². The van der Waals surface area contributed by atoms with Crippen molar-refractivity contribution in [3.05, 3.63) is 27.1 Å². The van der Waals surface area contributed by atoms with Gasteiger partial charge in [0.05, 0.1) is 0 Å². The first-order valence-corrected chi connectivity index (χ1v) is 6.07. The van der Waals surface area contributed by atoms with Crippen molar-refractivity contribution in [2.75, 3.05) is 0 Å². The van der Waals surface area contributed by atoms with Gasteiger partial charge in [-0.3, -0.25) is 4.98 Å². The molecule has 0 unspecified atom stereocenters. The van der Waals surface area contributed by atoms with Gasteiger partial charge in [0.2, 0.25) is 0 Å². The van der Waals surface area contributed by atoms with Gasteiger partial charge in [0, 0.05) is 16.0 Å². The number of hydrogen-bond acceptors (Lipinski definition) is 1. The Morgan fingerprint density at radius 2 is 1.46 bits per heavy atom. The van der Waals surface area contributed by atoms with Crippen LogP contribution in [0.5, 0.6) is 0 Å². The summed E-state index contributed by atoms with van der Waals surface area (Å²) in [6.45, 7) is 0. The molecule has 3 rings (SSSR count). The Labute approximate surface area is 92.1 Å². The summed E-state index contributed by atoms with van der Waals surface area (Å²) in [6.07, 6.45) is 9.67. The first-order valence-electron chi connectivity index (χ1n) is 4.99. The number of halogens is 1. The lowest BCUT2D eigenvalue weighted by molar-refractivity contribution is 1.01. The summed E-state index contributed by atoms with van der Waals surface area (Å²) in [6, 6.07) is 0. The molecule has 2 fully saturated rings. The molecule has 2 saturated carbocycles. The molecule has 1 aromatic heterocycles. The zero-order valence-electron chi connectivity index (χ0n) is 7.46. The molecule has 0 atom stereocenters. The highest BCUT2D eigenvalue weighted by Crippen LogP contribution is 2.47. The van der Waals surface area contributed by atoms with E-state index in [-0.39, 0.29) is 0 Å². The van der Waals surface area contributed by atoms with Gasteiger partial charge in [-0.2, -0.15) is 0 Å². The molecule has 2 aliphatic rings. The minimum absolute atomic E-state index is 0.845. The summed E-state index contributed by atoms with van der Waals surface area (Å²) >= 11 is 2.51. The Hall–Kier alpha value is -0.120. The summed E-state index contributed by atoms with van der Waals surface area (Å²) in [4.78, 5) is 4.36. The quantitative estimate of drug-likeness (QED) is 0.758. The molecule has 1 aromatic rings. The average Bonchev–Trinajstić information content (AvgIpc) is 3.00. The monoisotopic (exact) mass is 285 g/mol. The van der Waals surface area contributed by atoms with Gasteiger partial charge in [0.15, 0.2) is 0 Å². The van der Waals surface area contributed by atoms with E-state index in [0.717, 1.165) is 11.8 Å². The van der Waals surface area contributed by atoms with Crippen LogP contribution in [0, 0.1) is 3.57 Å². The van der Waals surface area contributed by atoms with E-state index < -0.39 is 0 Å². The van der Waals surface area contributed by atoms with E-state index in [1.807, 2.05) is 0 Å². The van der Waals surface area contributed by atoms with Crippen molar-refractivity contribution >= 4 is 22.6 Å². The number of nitrogens with zero attached hydrogens (tertiary/aromatic N) is 1. The lowest BCUT2D eigenvalue weighted by atomic mass is 10.1. The van der Waals surface area contributed by atoms with Gasteiger partial charge in [0.25, 0.3) is 0 Å². The van der Waals surface area contributed by atoms with Crippen LogP contribution in [0.2, 0.25) is 0 Å². The molecule has 68 valence electrons. The summed E-state index contributed by atoms with van der Waals surface area (Å²) in [5, 5.41) is 0. The SMILES string of the molecule is Ic1c(C2CC2)cncc1C1CC1. The van der Waals surface area contributed by atoms with E-state index in [1.165, 1.54) is 40.4 Å². The molecule has 0 amide bonds. The fraction of sp³-hybridized carbons (Fsp3) is 0.545. The third-order valence-electron chi connectivity index (χ3n) is 2.97. The van der Waals surface area contributed by atoms with E-state index in [1.54, 1.807) is 0 Å². The zero-order chi connectivity index (χ0) is 8.84. The molecule has 1 heterocycles. The second kappa shape index (κ2) is 2.94. The summed E-state index contributed by atoms with van der Waals surface area (Å²) in [5.41, 5.74) is 3.04. The zero-order valence-corrected chi connectivity index (χ0v) is 9.62. The maximum absolute atomic E-state index is 4.36. The van der Waals surface area contributed by atoms with Crippen LogP contribution >= 0.6 is 22.6 Å². The van der Waals surface area contributed by atoms with Crippen LogP contribution in [-0.4, -0.2) is 4.98 Å². The molecule has 13 heavy (non-hydrogen) atoms. The second-order valence-electron chi connectivity index (χ2n) is 4.18. The second-order valence-corrected chi connectivity index (χ2v) is 5.26. The number of rotatable bonds is 2. The van der Waals surface area contributed by atoms with Crippen molar-refractivity contribution < 1.29 is 0 Å². The normalized spacial score (nSPS) is 21.9. The lowest BCUT2D eigenvalue weighted by Crippen LogP contribution is -1.94. The number of aromatic nitrogens is 1. The van der Waals surface area contributed by atoms with Gasteiger partial charge >= 0.3 is 0 Å². The predicted octanol–water partition coefficient (Wildman–Crippen LogP) is 3.44. The van der Waals surface area contributed by atoms with E-state index >= 15 is 0 Å². The van der Waals surface area contributed by atoms with Crippen molar-refractivity contribution in [1.82, 2.24) is 4.98 Å². The van der Waals surface area contributed by atoms with Crippen LogP contribution in [0.25, 0.3) is 0 Å². The molecular weight excluding hydrogens is 273 g/mol. The molecule has 0 bridgehead atoms. The van der Waals surface area contributed by atoms with E-state index in [2.05, 4.69) is 40.0 Å². The van der Waals surface area contributed by atoms with Gasteiger partial charge in [-0.25, -0.2) is 0 Å². The van der Waals surface area contributed by atoms with Gasteiger partial charge in [-0.15, -0.1) is 0 Å². The highest BCUT2D eigenvalue weighted by Gasteiger charge is 2.31. The maximum atomic E-state index is 4.36. The van der Waals surface area contributed by atoms with Gasteiger partial charge in [0.1, 0.15) is 0 Å². The Bertz CT molecular complexity index is 310. The highest BCUT2D eigenvalue weighted by molar-refractivity contribution is 14.1. The molecule has 0 radical (unpaired) electrons. The first-order chi connectivity index (χ1) is 6.36. The Balaban J connectivity index is 2.04. The Morgan fingerprint density at radius 3 is 1.85 bits per heavy atom. The lowest BCUT2D eigenvalue weighted by Gasteiger charge is -2.06. The average molecular weight is 285 g/mol. The number of hydrogen-bond donors (Lipinski definition) is 0. The molecule has 0 N–H and O–H groups in total. The minimum Gasteiger partial charge on any atom is -0.264 e. The summed E-state index contributed by atoms with van der Waals surface area (Å²) in [7, 11) is 0. The van der Waals surface area contributed by atoms with E-state index in [9.17, 15) is 0 Å². The predicted molar refractivity (Wildman–Crippen MR) is 60.9 cm³/mol. The van der Waals surface area contributed by atoms with Crippen molar-refractivity contribution in [3.63, 3.8) is 0 Å². The van der Waals surface area contributed by atoms with Crippen molar-refractivity contribution in [2.45, 2.75) is 37.5 Å². The van der Waals surface area contributed by atoms with Gasteiger partial charge < -0.3 is 0 Å². The van der Waals surface area contributed by atoms with Gasteiger partial charge in [-0.1, -0.05) is 0 Å². The molecule has 1 nitrogen and oxygen atoms in total. The standard InChI is InChI=1S/C11H12IN/c12-11-9(7-1-2-7)5-13-6-10(11)8-3-4-8/h5-8H,1-4H2. The van der Waals surface area contributed by atoms with Crippen molar-refractivity contribution in [1.29, 1.82) is 0 Å². The van der Waals surface area contributed by atoms with Crippen LogP contribution in [-0.2, 0) is 0 Å². The molecule has 2 aliphatic carbocycles. The summed E-state index contributed by atoms with van der Waals surface area (Å²) in [5.74, 6) is 1.69. The Kier molecular flexibility index (Phi) is 1.86. The molecular formula is C11H12IN. The molecule has 0 saturated heterocycles. The molecule has 0 spiro atoms. The van der Waals surface area contributed by atoms with Crippen LogP contribution in [0.4, 0.5) is 0 Å². The smallest absolute Gasteiger partial charge is 0.0313 e. The van der Waals surface area contributed by atoms with Crippen molar-refractivity contribution in [3.8, 4) is 0 Å². The first kappa shape index (κ1) is 8.21. The Morgan fingerprint density at radius 1 is 1.00 bits per heavy atom. The molecule has 0 aliphatic heterocycles. The third-order valence-corrected chi connectivity index (χ3v) is 4.21.